The van der Waals surface area contributed by atoms with Crippen LogP contribution in [0.4, 0.5) is 5.69 Å². The van der Waals surface area contributed by atoms with Crippen LogP contribution in [0.1, 0.15) is 11.1 Å². The van der Waals surface area contributed by atoms with E-state index in [1.807, 2.05) is 31.2 Å². The van der Waals surface area contributed by atoms with Gasteiger partial charge in [-0.05, 0) is 24.6 Å². The molecule has 1 N–H and O–H groups in total. The zero-order chi connectivity index (χ0) is 10.7. The van der Waals surface area contributed by atoms with Gasteiger partial charge in [-0.1, -0.05) is 23.7 Å². The summed E-state index contributed by atoms with van der Waals surface area (Å²) in [6.45, 7) is 2.75. The van der Waals surface area contributed by atoms with Crippen LogP contribution < -0.4 is 5.32 Å². The van der Waals surface area contributed by atoms with Crippen LogP contribution in [-0.4, -0.2) is 0 Å². The summed E-state index contributed by atoms with van der Waals surface area (Å²) in [5.41, 5.74) is 3.24. The Labute approximate surface area is 93.9 Å². The van der Waals surface area contributed by atoms with Crippen molar-refractivity contribution in [3.05, 3.63) is 52.9 Å². The Morgan fingerprint density at radius 2 is 2.20 bits per heavy atom. The molecule has 1 heterocycles. The molecule has 0 saturated carbocycles. The SMILES string of the molecule is Cc1cccc(Cl)c1NCc1ccoc1. The summed E-state index contributed by atoms with van der Waals surface area (Å²) < 4.78 is 4.99. The maximum absolute atomic E-state index is 6.08. The first-order valence-electron chi connectivity index (χ1n) is 4.77. The zero-order valence-corrected chi connectivity index (χ0v) is 9.21. The van der Waals surface area contributed by atoms with Crippen LogP contribution >= 0.6 is 11.6 Å². The van der Waals surface area contributed by atoms with Gasteiger partial charge in [-0.2, -0.15) is 0 Å². The molecular formula is C12H12ClNO. The molecule has 1 aromatic carbocycles. The van der Waals surface area contributed by atoms with Crippen molar-refractivity contribution in [3.8, 4) is 0 Å². The van der Waals surface area contributed by atoms with Crippen molar-refractivity contribution >= 4 is 17.3 Å². The summed E-state index contributed by atoms with van der Waals surface area (Å²) in [6, 6.07) is 7.79. The summed E-state index contributed by atoms with van der Waals surface area (Å²) in [4.78, 5) is 0. The Kier molecular flexibility index (Phi) is 2.97. The second kappa shape index (κ2) is 4.41. The molecule has 0 saturated heterocycles. The van der Waals surface area contributed by atoms with E-state index < -0.39 is 0 Å². The number of nitrogens with one attached hydrogen (secondary N) is 1. The lowest BCUT2D eigenvalue weighted by Gasteiger charge is -2.09. The third-order valence-corrected chi connectivity index (χ3v) is 2.59. The molecule has 2 nitrogen and oxygen atoms in total. The average molecular weight is 222 g/mol. The van der Waals surface area contributed by atoms with Crippen LogP contribution in [0, 0.1) is 6.92 Å². The number of anilines is 1. The van der Waals surface area contributed by atoms with Crippen LogP contribution in [0.25, 0.3) is 0 Å². The number of hydrogen-bond acceptors (Lipinski definition) is 2. The number of para-hydroxylation sites is 1. The van der Waals surface area contributed by atoms with Crippen molar-refractivity contribution in [1.29, 1.82) is 0 Å². The van der Waals surface area contributed by atoms with E-state index in [2.05, 4.69) is 5.32 Å². The molecule has 0 aliphatic rings. The van der Waals surface area contributed by atoms with Crippen molar-refractivity contribution < 1.29 is 4.42 Å². The smallest absolute Gasteiger partial charge is 0.0952 e. The van der Waals surface area contributed by atoms with Gasteiger partial charge in [-0.15, -0.1) is 0 Å². The predicted octanol–water partition coefficient (Wildman–Crippen LogP) is 3.85. The summed E-state index contributed by atoms with van der Waals surface area (Å²) in [6.07, 6.45) is 3.38. The molecule has 0 unspecified atom stereocenters. The molecule has 0 atom stereocenters. The first-order chi connectivity index (χ1) is 7.27. The standard InChI is InChI=1S/C12H12ClNO/c1-9-3-2-4-11(13)12(9)14-7-10-5-6-15-8-10/h2-6,8,14H,7H2,1H3. The van der Waals surface area contributed by atoms with Crippen LogP contribution in [0.15, 0.2) is 41.2 Å². The Bertz CT molecular complexity index is 417. The number of halogens is 1. The molecule has 0 radical (unpaired) electrons. The van der Waals surface area contributed by atoms with E-state index in [4.69, 9.17) is 16.0 Å². The Morgan fingerprint density at radius 3 is 2.87 bits per heavy atom. The minimum Gasteiger partial charge on any atom is -0.472 e. The van der Waals surface area contributed by atoms with Gasteiger partial charge >= 0.3 is 0 Å². The molecule has 3 heteroatoms. The minimum absolute atomic E-state index is 0.723. The number of furan rings is 1. The highest BCUT2D eigenvalue weighted by Crippen LogP contribution is 2.25. The van der Waals surface area contributed by atoms with E-state index in [-0.39, 0.29) is 0 Å². The molecule has 0 aliphatic heterocycles. The fourth-order valence-corrected chi connectivity index (χ4v) is 1.73. The molecule has 0 amide bonds. The number of benzene rings is 1. The third kappa shape index (κ3) is 2.34. The van der Waals surface area contributed by atoms with Crippen LogP contribution in [0.2, 0.25) is 5.02 Å². The lowest BCUT2D eigenvalue weighted by Crippen LogP contribution is -2.00. The Hall–Kier alpha value is -1.41. The van der Waals surface area contributed by atoms with Gasteiger partial charge in [0.05, 0.1) is 23.2 Å². The fourth-order valence-electron chi connectivity index (χ4n) is 1.44. The molecule has 0 bridgehead atoms. The van der Waals surface area contributed by atoms with E-state index in [9.17, 15) is 0 Å². The van der Waals surface area contributed by atoms with Crippen molar-refractivity contribution in [1.82, 2.24) is 0 Å². The van der Waals surface area contributed by atoms with Gasteiger partial charge in [0.2, 0.25) is 0 Å². The second-order valence-electron chi connectivity index (χ2n) is 3.42. The van der Waals surface area contributed by atoms with Crippen molar-refractivity contribution in [3.63, 3.8) is 0 Å². The second-order valence-corrected chi connectivity index (χ2v) is 3.82. The van der Waals surface area contributed by atoms with E-state index in [1.165, 1.54) is 0 Å². The molecule has 0 spiro atoms. The normalized spacial score (nSPS) is 10.3. The highest BCUT2D eigenvalue weighted by atomic mass is 35.5. The molecular weight excluding hydrogens is 210 g/mol. The fraction of sp³-hybridized carbons (Fsp3) is 0.167. The molecule has 0 fully saturated rings. The summed E-state index contributed by atoms with van der Waals surface area (Å²) in [5.74, 6) is 0. The van der Waals surface area contributed by atoms with E-state index in [0.717, 1.165) is 28.4 Å². The van der Waals surface area contributed by atoms with Gasteiger partial charge in [0.25, 0.3) is 0 Å². The molecule has 2 aromatic rings. The first kappa shape index (κ1) is 10.1. The summed E-state index contributed by atoms with van der Waals surface area (Å²) in [5, 5.41) is 4.04. The van der Waals surface area contributed by atoms with E-state index in [1.54, 1.807) is 12.5 Å². The Morgan fingerprint density at radius 1 is 1.33 bits per heavy atom. The van der Waals surface area contributed by atoms with Crippen LogP contribution in [-0.2, 0) is 6.54 Å². The number of hydrogen-bond donors (Lipinski definition) is 1. The van der Waals surface area contributed by atoms with Crippen LogP contribution in [0.3, 0.4) is 0 Å². The molecule has 1 aromatic heterocycles. The molecule has 15 heavy (non-hydrogen) atoms. The third-order valence-electron chi connectivity index (χ3n) is 2.27. The van der Waals surface area contributed by atoms with Gasteiger partial charge in [0.15, 0.2) is 0 Å². The van der Waals surface area contributed by atoms with Gasteiger partial charge in [0, 0.05) is 12.1 Å². The average Bonchev–Trinajstić information content (AvgIpc) is 2.70. The number of rotatable bonds is 3. The maximum Gasteiger partial charge on any atom is 0.0952 e. The monoisotopic (exact) mass is 221 g/mol. The molecule has 78 valence electrons. The van der Waals surface area contributed by atoms with Gasteiger partial charge in [0.1, 0.15) is 0 Å². The van der Waals surface area contributed by atoms with Crippen molar-refractivity contribution in [2.75, 3.05) is 5.32 Å². The number of aryl methyl sites for hydroxylation is 1. The topological polar surface area (TPSA) is 25.2 Å². The largest absolute Gasteiger partial charge is 0.472 e. The predicted molar refractivity (Wildman–Crippen MR) is 62.2 cm³/mol. The van der Waals surface area contributed by atoms with Crippen molar-refractivity contribution in [2.24, 2.45) is 0 Å². The minimum atomic E-state index is 0.723. The summed E-state index contributed by atoms with van der Waals surface area (Å²) >= 11 is 6.08. The van der Waals surface area contributed by atoms with Gasteiger partial charge in [-0.25, -0.2) is 0 Å². The van der Waals surface area contributed by atoms with E-state index in [0.29, 0.717) is 0 Å². The van der Waals surface area contributed by atoms with Gasteiger partial charge in [-0.3, -0.25) is 0 Å². The van der Waals surface area contributed by atoms with Gasteiger partial charge < -0.3 is 9.73 Å². The maximum atomic E-state index is 6.08. The highest BCUT2D eigenvalue weighted by Gasteiger charge is 2.02. The van der Waals surface area contributed by atoms with Crippen molar-refractivity contribution in [2.45, 2.75) is 13.5 Å². The van der Waals surface area contributed by atoms with E-state index >= 15 is 0 Å². The summed E-state index contributed by atoms with van der Waals surface area (Å²) in [7, 11) is 0. The zero-order valence-electron chi connectivity index (χ0n) is 8.46. The molecule has 2 rings (SSSR count). The van der Waals surface area contributed by atoms with Crippen LogP contribution in [0.5, 0.6) is 0 Å². The lowest BCUT2D eigenvalue weighted by molar-refractivity contribution is 0.564. The quantitative estimate of drug-likeness (QED) is 0.852. The highest BCUT2D eigenvalue weighted by molar-refractivity contribution is 6.33. The molecule has 0 aliphatic carbocycles. The lowest BCUT2D eigenvalue weighted by atomic mass is 10.2. The Balaban J connectivity index is 2.11. The first-order valence-corrected chi connectivity index (χ1v) is 5.15.